The molecule has 20 heavy (non-hydrogen) atoms. The van der Waals surface area contributed by atoms with Crippen LogP contribution >= 0.6 is 0 Å². The smallest absolute Gasteiger partial charge is 0.234 e. The van der Waals surface area contributed by atoms with Crippen LogP contribution in [0.4, 0.5) is 0 Å². The van der Waals surface area contributed by atoms with E-state index in [0.29, 0.717) is 26.2 Å². The summed E-state index contributed by atoms with van der Waals surface area (Å²) in [5, 5.41) is 11.7. The molecule has 5 heteroatoms. The number of para-hydroxylation sites is 1. The largest absolute Gasteiger partial charge is 0.492 e. The van der Waals surface area contributed by atoms with Crippen molar-refractivity contribution in [3.63, 3.8) is 0 Å². The molecule has 112 valence electrons. The van der Waals surface area contributed by atoms with Crippen molar-refractivity contribution in [2.24, 2.45) is 0 Å². The lowest BCUT2D eigenvalue weighted by Gasteiger charge is -2.19. The Bertz CT molecular complexity index is 365. The van der Waals surface area contributed by atoms with Crippen molar-refractivity contribution in [1.29, 1.82) is 0 Å². The van der Waals surface area contributed by atoms with Gasteiger partial charge in [-0.25, -0.2) is 0 Å². The van der Waals surface area contributed by atoms with Gasteiger partial charge in [-0.1, -0.05) is 25.1 Å². The lowest BCUT2D eigenvalue weighted by atomic mass is 10.3. The number of hydrogen-bond acceptors (Lipinski definition) is 4. The van der Waals surface area contributed by atoms with E-state index < -0.39 is 0 Å². The molecule has 1 aromatic rings. The Labute approximate surface area is 120 Å². The molecule has 0 aliphatic carbocycles. The maximum Gasteiger partial charge on any atom is 0.234 e. The molecule has 1 rings (SSSR count). The number of benzene rings is 1. The Hall–Kier alpha value is -1.59. The van der Waals surface area contributed by atoms with Crippen molar-refractivity contribution in [3.05, 3.63) is 30.3 Å². The van der Waals surface area contributed by atoms with Crippen LogP contribution in [0, 0.1) is 0 Å². The maximum atomic E-state index is 11.7. The number of amides is 1. The molecule has 0 fully saturated rings. The normalized spacial score (nSPS) is 10.6. The second-order valence-electron chi connectivity index (χ2n) is 4.51. The van der Waals surface area contributed by atoms with Crippen LogP contribution in [0.25, 0.3) is 0 Å². The second-order valence-corrected chi connectivity index (χ2v) is 4.51. The molecule has 0 spiro atoms. The molecule has 0 saturated carbocycles. The molecule has 0 unspecified atom stereocenters. The SMILES string of the molecule is CCCN(CCO)CC(=O)NCCOc1ccccc1. The number of carbonyl (C=O) groups excluding carboxylic acids is 1. The zero-order valence-electron chi connectivity index (χ0n) is 12.0. The first-order valence-electron chi connectivity index (χ1n) is 7.04. The van der Waals surface area contributed by atoms with Gasteiger partial charge in [0.15, 0.2) is 0 Å². The first-order chi connectivity index (χ1) is 9.76. The zero-order chi connectivity index (χ0) is 14.6. The maximum absolute atomic E-state index is 11.7. The summed E-state index contributed by atoms with van der Waals surface area (Å²) < 4.78 is 5.49. The number of rotatable bonds is 10. The molecule has 1 amide bonds. The summed E-state index contributed by atoms with van der Waals surface area (Å²) in [5.41, 5.74) is 0. The Kier molecular flexibility index (Phi) is 8.42. The molecular formula is C15H24N2O3. The molecule has 1 aromatic carbocycles. The van der Waals surface area contributed by atoms with E-state index in [2.05, 4.69) is 12.2 Å². The number of nitrogens with one attached hydrogen (secondary N) is 1. The average Bonchev–Trinajstić information content (AvgIpc) is 2.45. The predicted molar refractivity (Wildman–Crippen MR) is 78.8 cm³/mol. The molecular weight excluding hydrogens is 256 g/mol. The van der Waals surface area contributed by atoms with E-state index in [0.717, 1.165) is 18.7 Å². The molecule has 2 N–H and O–H groups in total. The van der Waals surface area contributed by atoms with Crippen molar-refractivity contribution in [1.82, 2.24) is 10.2 Å². The van der Waals surface area contributed by atoms with E-state index in [9.17, 15) is 4.79 Å². The fraction of sp³-hybridized carbons (Fsp3) is 0.533. The summed E-state index contributed by atoms with van der Waals surface area (Å²) in [5.74, 6) is 0.762. The van der Waals surface area contributed by atoms with E-state index in [1.807, 2.05) is 35.2 Å². The van der Waals surface area contributed by atoms with E-state index in [-0.39, 0.29) is 12.5 Å². The van der Waals surface area contributed by atoms with E-state index in [4.69, 9.17) is 9.84 Å². The average molecular weight is 280 g/mol. The van der Waals surface area contributed by atoms with Crippen LogP contribution < -0.4 is 10.1 Å². The number of nitrogens with zero attached hydrogens (tertiary/aromatic N) is 1. The van der Waals surface area contributed by atoms with Gasteiger partial charge in [0.25, 0.3) is 0 Å². The van der Waals surface area contributed by atoms with Crippen LogP contribution in [0.15, 0.2) is 30.3 Å². The quantitative estimate of drug-likeness (QED) is 0.625. The van der Waals surface area contributed by atoms with Crippen molar-refractivity contribution < 1.29 is 14.6 Å². The third kappa shape index (κ3) is 7.11. The summed E-state index contributed by atoms with van der Waals surface area (Å²) >= 11 is 0. The fourth-order valence-corrected chi connectivity index (χ4v) is 1.86. The lowest BCUT2D eigenvalue weighted by Crippen LogP contribution is -2.40. The Morgan fingerprint density at radius 2 is 2.05 bits per heavy atom. The fourth-order valence-electron chi connectivity index (χ4n) is 1.86. The van der Waals surface area contributed by atoms with Gasteiger partial charge in [-0.2, -0.15) is 0 Å². The van der Waals surface area contributed by atoms with Gasteiger partial charge in [0.05, 0.1) is 19.7 Å². The van der Waals surface area contributed by atoms with Crippen LogP contribution in [0.1, 0.15) is 13.3 Å². The highest BCUT2D eigenvalue weighted by Crippen LogP contribution is 2.07. The minimum absolute atomic E-state index is 0.0384. The molecule has 0 atom stereocenters. The third-order valence-electron chi connectivity index (χ3n) is 2.76. The van der Waals surface area contributed by atoms with Gasteiger partial charge in [0, 0.05) is 6.54 Å². The van der Waals surface area contributed by atoms with Gasteiger partial charge in [-0.3, -0.25) is 9.69 Å². The summed E-state index contributed by atoms with van der Waals surface area (Å²) in [6, 6.07) is 9.51. The lowest BCUT2D eigenvalue weighted by molar-refractivity contribution is -0.122. The van der Waals surface area contributed by atoms with Gasteiger partial charge >= 0.3 is 0 Å². The van der Waals surface area contributed by atoms with E-state index >= 15 is 0 Å². The molecule has 0 saturated heterocycles. The van der Waals surface area contributed by atoms with Crippen molar-refractivity contribution >= 4 is 5.91 Å². The van der Waals surface area contributed by atoms with E-state index in [1.54, 1.807) is 0 Å². The van der Waals surface area contributed by atoms with Gasteiger partial charge in [0.1, 0.15) is 12.4 Å². The molecule has 5 nitrogen and oxygen atoms in total. The summed E-state index contributed by atoms with van der Waals surface area (Å²) in [7, 11) is 0. The molecule has 0 bridgehead atoms. The number of aliphatic hydroxyl groups excluding tert-OH is 1. The first-order valence-corrected chi connectivity index (χ1v) is 7.04. The van der Waals surface area contributed by atoms with Crippen LogP contribution in [0.5, 0.6) is 5.75 Å². The highest BCUT2D eigenvalue weighted by atomic mass is 16.5. The van der Waals surface area contributed by atoms with Gasteiger partial charge < -0.3 is 15.2 Å². The van der Waals surface area contributed by atoms with Crippen LogP contribution in [0.3, 0.4) is 0 Å². The topological polar surface area (TPSA) is 61.8 Å². The Morgan fingerprint density at radius 1 is 1.30 bits per heavy atom. The second kappa shape index (κ2) is 10.2. The highest BCUT2D eigenvalue weighted by Gasteiger charge is 2.08. The highest BCUT2D eigenvalue weighted by molar-refractivity contribution is 5.77. The van der Waals surface area contributed by atoms with Crippen LogP contribution in [-0.4, -0.2) is 55.3 Å². The Morgan fingerprint density at radius 3 is 2.70 bits per heavy atom. The van der Waals surface area contributed by atoms with Gasteiger partial charge in [-0.05, 0) is 25.1 Å². The monoisotopic (exact) mass is 280 g/mol. The van der Waals surface area contributed by atoms with Crippen molar-refractivity contribution in [3.8, 4) is 5.75 Å². The molecule has 0 heterocycles. The number of aliphatic hydroxyl groups is 1. The summed E-state index contributed by atoms with van der Waals surface area (Å²) in [6.45, 7) is 4.72. The van der Waals surface area contributed by atoms with Gasteiger partial charge in [-0.15, -0.1) is 0 Å². The van der Waals surface area contributed by atoms with Gasteiger partial charge in [0.2, 0.25) is 5.91 Å². The molecule has 0 aliphatic rings. The number of ether oxygens (including phenoxy) is 1. The third-order valence-corrected chi connectivity index (χ3v) is 2.76. The first kappa shape index (κ1) is 16.5. The summed E-state index contributed by atoms with van der Waals surface area (Å²) in [4.78, 5) is 13.7. The zero-order valence-corrected chi connectivity index (χ0v) is 12.0. The summed E-state index contributed by atoms with van der Waals surface area (Å²) in [6.07, 6.45) is 0.963. The molecule has 0 aliphatic heterocycles. The minimum Gasteiger partial charge on any atom is -0.492 e. The van der Waals surface area contributed by atoms with Crippen LogP contribution in [0.2, 0.25) is 0 Å². The number of carbonyl (C=O) groups is 1. The standard InChI is InChI=1S/C15H24N2O3/c1-2-9-17(10-11-18)13-15(19)16-8-12-20-14-6-4-3-5-7-14/h3-7,18H,2,8-13H2,1H3,(H,16,19). The minimum atomic E-state index is -0.0384. The number of hydrogen-bond donors (Lipinski definition) is 2. The van der Waals surface area contributed by atoms with E-state index in [1.165, 1.54) is 0 Å². The predicted octanol–water partition coefficient (Wildman–Crippen LogP) is 0.886. The van der Waals surface area contributed by atoms with Crippen molar-refractivity contribution in [2.45, 2.75) is 13.3 Å². The molecule has 0 aromatic heterocycles. The molecule has 0 radical (unpaired) electrons. The van der Waals surface area contributed by atoms with Crippen molar-refractivity contribution in [2.75, 3.05) is 39.4 Å². The van der Waals surface area contributed by atoms with Crippen LogP contribution in [-0.2, 0) is 4.79 Å². The Balaban J connectivity index is 2.15.